The maximum atomic E-state index is 5.72. The van der Waals surface area contributed by atoms with Crippen LogP contribution in [0.2, 0.25) is 0 Å². The Hall–Kier alpha value is -1.80. The summed E-state index contributed by atoms with van der Waals surface area (Å²) in [6, 6.07) is 15.4. The third kappa shape index (κ3) is 2.96. The highest BCUT2D eigenvalue weighted by atomic mass is 15.1. The number of aryl methyl sites for hydroxylation is 1. The van der Waals surface area contributed by atoms with Gasteiger partial charge in [-0.25, -0.2) is 0 Å². The van der Waals surface area contributed by atoms with Crippen molar-refractivity contribution in [2.75, 3.05) is 11.4 Å². The number of fused-ring (bicyclic) bond motifs is 1. The van der Waals surface area contributed by atoms with Crippen LogP contribution in [0.1, 0.15) is 29.2 Å². The van der Waals surface area contributed by atoms with Crippen molar-refractivity contribution in [3.05, 3.63) is 64.7 Å². The summed E-state index contributed by atoms with van der Waals surface area (Å²) in [6.07, 6.45) is 1.19. The molecule has 1 heterocycles. The summed E-state index contributed by atoms with van der Waals surface area (Å²) in [5.74, 6) is 0.712. The maximum absolute atomic E-state index is 5.72. The van der Waals surface area contributed by atoms with Crippen LogP contribution in [0, 0.1) is 12.8 Å². The second-order valence-electron chi connectivity index (χ2n) is 6.28. The third-order valence-electron chi connectivity index (χ3n) is 4.44. The van der Waals surface area contributed by atoms with Gasteiger partial charge in [-0.3, -0.25) is 0 Å². The van der Waals surface area contributed by atoms with Crippen LogP contribution in [-0.2, 0) is 19.5 Å². The van der Waals surface area contributed by atoms with Crippen molar-refractivity contribution in [2.24, 2.45) is 11.7 Å². The largest absolute Gasteiger partial charge is 0.367 e. The Balaban J connectivity index is 1.88. The number of hydrogen-bond donors (Lipinski definition) is 1. The average Bonchev–Trinajstić information content (AvgIpc) is 2.49. The van der Waals surface area contributed by atoms with Crippen molar-refractivity contribution in [1.82, 2.24) is 0 Å². The number of benzene rings is 2. The molecule has 0 saturated heterocycles. The predicted molar refractivity (Wildman–Crippen MR) is 89.4 cm³/mol. The van der Waals surface area contributed by atoms with E-state index in [1.807, 2.05) is 0 Å². The van der Waals surface area contributed by atoms with Gasteiger partial charge in [-0.15, -0.1) is 0 Å². The molecular weight excluding hydrogens is 256 g/mol. The van der Waals surface area contributed by atoms with Crippen LogP contribution in [0.15, 0.2) is 42.5 Å². The normalized spacial score (nSPS) is 17.7. The number of nitrogens with two attached hydrogens (primary N) is 1. The Labute approximate surface area is 127 Å². The molecule has 0 amide bonds. The SMILES string of the molecule is Cc1cc(CN)ccc1CN1CC(C)Cc2ccccc21. The number of anilines is 1. The van der Waals surface area contributed by atoms with E-state index in [0.717, 1.165) is 13.1 Å². The summed E-state index contributed by atoms with van der Waals surface area (Å²) in [6.45, 7) is 7.26. The van der Waals surface area contributed by atoms with Crippen LogP contribution < -0.4 is 10.6 Å². The molecule has 2 N–H and O–H groups in total. The Morgan fingerprint density at radius 3 is 2.76 bits per heavy atom. The van der Waals surface area contributed by atoms with Gasteiger partial charge in [0.05, 0.1) is 0 Å². The molecule has 0 aliphatic carbocycles. The highest BCUT2D eigenvalue weighted by Crippen LogP contribution is 2.31. The minimum Gasteiger partial charge on any atom is -0.367 e. The van der Waals surface area contributed by atoms with Crippen LogP contribution >= 0.6 is 0 Å². The lowest BCUT2D eigenvalue weighted by atomic mass is 9.93. The Morgan fingerprint density at radius 1 is 1.19 bits per heavy atom. The van der Waals surface area contributed by atoms with E-state index in [9.17, 15) is 0 Å². The number of rotatable bonds is 3. The second-order valence-corrected chi connectivity index (χ2v) is 6.28. The molecule has 0 bridgehead atoms. The van der Waals surface area contributed by atoms with Gasteiger partial charge in [0.25, 0.3) is 0 Å². The Kier molecular flexibility index (Phi) is 3.98. The van der Waals surface area contributed by atoms with Gasteiger partial charge in [0.1, 0.15) is 0 Å². The number of para-hydroxylation sites is 1. The smallest absolute Gasteiger partial charge is 0.0432 e. The maximum Gasteiger partial charge on any atom is 0.0432 e. The molecule has 1 aliphatic heterocycles. The van der Waals surface area contributed by atoms with E-state index in [1.54, 1.807) is 0 Å². The van der Waals surface area contributed by atoms with Crippen LogP contribution in [0.3, 0.4) is 0 Å². The molecule has 1 aliphatic rings. The minimum atomic E-state index is 0.616. The van der Waals surface area contributed by atoms with Crippen molar-refractivity contribution >= 4 is 5.69 Å². The summed E-state index contributed by atoms with van der Waals surface area (Å²) < 4.78 is 0. The molecule has 1 atom stereocenters. The van der Waals surface area contributed by atoms with Gasteiger partial charge in [-0.05, 0) is 47.6 Å². The van der Waals surface area contributed by atoms with Crippen LogP contribution in [0.4, 0.5) is 5.69 Å². The number of hydrogen-bond acceptors (Lipinski definition) is 2. The van der Waals surface area contributed by atoms with Crippen LogP contribution in [0.25, 0.3) is 0 Å². The molecule has 0 saturated carbocycles. The quantitative estimate of drug-likeness (QED) is 0.930. The molecular formula is C19H24N2. The average molecular weight is 280 g/mol. The van der Waals surface area contributed by atoms with E-state index in [-0.39, 0.29) is 0 Å². The lowest BCUT2D eigenvalue weighted by Gasteiger charge is -2.35. The summed E-state index contributed by atoms with van der Waals surface area (Å²) in [4.78, 5) is 2.52. The number of nitrogens with zero attached hydrogens (tertiary/aromatic N) is 1. The van der Waals surface area contributed by atoms with E-state index in [1.165, 1.54) is 34.4 Å². The molecule has 2 aromatic rings. The second kappa shape index (κ2) is 5.90. The molecule has 0 spiro atoms. The predicted octanol–water partition coefficient (Wildman–Crippen LogP) is 3.65. The van der Waals surface area contributed by atoms with Gasteiger partial charge in [0.15, 0.2) is 0 Å². The fourth-order valence-electron chi connectivity index (χ4n) is 3.32. The van der Waals surface area contributed by atoms with Gasteiger partial charge in [-0.1, -0.05) is 43.3 Å². The van der Waals surface area contributed by atoms with E-state index >= 15 is 0 Å². The van der Waals surface area contributed by atoms with Crippen LogP contribution in [0.5, 0.6) is 0 Å². The first kappa shape index (κ1) is 14.2. The van der Waals surface area contributed by atoms with Crippen molar-refractivity contribution < 1.29 is 0 Å². The molecule has 21 heavy (non-hydrogen) atoms. The first-order valence-electron chi connectivity index (χ1n) is 7.78. The molecule has 2 heteroatoms. The van der Waals surface area contributed by atoms with E-state index in [4.69, 9.17) is 5.73 Å². The lowest BCUT2D eigenvalue weighted by molar-refractivity contribution is 0.530. The van der Waals surface area contributed by atoms with Gasteiger partial charge in [0.2, 0.25) is 0 Å². The molecule has 1 unspecified atom stereocenters. The van der Waals surface area contributed by atoms with Crippen molar-refractivity contribution in [2.45, 2.75) is 33.4 Å². The summed E-state index contributed by atoms with van der Waals surface area (Å²) >= 11 is 0. The first-order chi connectivity index (χ1) is 10.2. The first-order valence-corrected chi connectivity index (χ1v) is 7.78. The zero-order chi connectivity index (χ0) is 14.8. The zero-order valence-corrected chi connectivity index (χ0v) is 13.0. The van der Waals surface area contributed by atoms with Gasteiger partial charge in [-0.2, -0.15) is 0 Å². The van der Waals surface area contributed by atoms with Crippen molar-refractivity contribution in [3.8, 4) is 0 Å². The molecule has 0 radical (unpaired) electrons. The van der Waals surface area contributed by atoms with E-state index in [0.29, 0.717) is 12.5 Å². The van der Waals surface area contributed by atoms with Crippen molar-refractivity contribution in [1.29, 1.82) is 0 Å². The minimum absolute atomic E-state index is 0.616. The van der Waals surface area contributed by atoms with Gasteiger partial charge < -0.3 is 10.6 Å². The van der Waals surface area contributed by atoms with Crippen LogP contribution in [-0.4, -0.2) is 6.54 Å². The molecule has 2 aromatic carbocycles. The standard InChI is InChI=1S/C19H24N2/c1-14-9-17-5-3-4-6-19(17)21(12-14)13-18-8-7-16(11-20)10-15(18)2/h3-8,10,14H,9,11-13,20H2,1-2H3. The molecule has 110 valence electrons. The van der Waals surface area contributed by atoms with E-state index in [2.05, 4.69) is 61.2 Å². The topological polar surface area (TPSA) is 29.3 Å². The van der Waals surface area contributed by atoms with Gasteiger partial charge in [0, 0.05) is 25.3 Å². The van der Waals surface area contributed by atoms with Crippen molar-refractivity contribution in [3.63, 3.8) is 0 Å². The van der Waals surface area contributed by atoms with Gasteiger partial charge >= 0.3 is 0 Å². The lowest BCUT2D eigenvalue weighted by Crippen LogP contribution is -2.33. The summed E-state index contributed by atoms with van der Waals surface area (Å²) in [5, 5.41) is 0. The zero-order valence-electron chi connectivity index (χ0n) is 13.0. The highest BCUT2D eigenvalue weighted by molar-refractivity contribution is 5.56. The van der Waals surface area contributed by atoms with E-state index < -0.39 is 0 Å². The molecule has 0 aromatic heterocycles. The highest BCUT2D eigenvalue weighted by Gasteiger charge is 2.21. The summed E-state index contributed by atoms with van der Waals surface area (Å²) in [5.41, 5.74) is 12.6. The Morgan fingerprint density at radius 2 is 2.00 bits per heavy atom. The molecule has 2 nitrogen and oxygen atoms in total. The fraction of sp³-hybridized carbons (Fsp3) is 0.368. The monoisotopic (exact) mass is 280 g/mol. The molecule has 3 rings (SSSR count). The summed E-state index contributed by atoms with van der Waals surface area (Å²) in [7, 11) is 0. The Bertz CT molecular complexity index is 633. The molecule has 0 fully saturated rings. The fourth-order valence-corrected chi connectivity index (χ4v) is 3.32. The third-order valence-corrected chi connectivity index (χ3v) is 4.44.